The van der Waals surface area contributed by atoms with Gasteiger partial charge in [0.25, 0.3) is 10.1 Å². The van der Waals surface area contributed by atoms with Crippen molar-refractivity contribution in [1.29, 1.82) is 0 Å². The maximum atomic E-state index is 11.8. The highest BCUT2D eigenvalue weighted by Gasteiger charge is 2.20. The first-order valence-electron chi connectivity index (χ1n) is 7.10. The molecule has 0 fully saturated rings. The predicted molar refractivity (Wildman–Crippen MR) is 89.6 cm³/mol. The highest BCUT2D eigenvalue weighted by atomic mass is 32.2. The van der Waals surface area contributed by atoms with Gasteiger partial charge in [0, 0.05) is 22.8 Å². The standard InChI is InChI=1S/C18H16O4S/c1-22-18-14(11-13-7-3-2-4-8-13)12-17(23(19,20)21)15-9-5-6-10-16(15)18/h2-10,12H,11H2,1H3,(H,19,20,21). The molecule has 0 aliphatic carbocycles. The smallest absolute Gasteiger partial charge is 0.295 e. The molecule has 0 amide bonds. The van der Waals surface area contributed by atoms with Crippen LogP contribution in [0.15, 0.2) is 65.6 Å². The number of fused-ring (bicyclic) bond motifs is 1. The van der Waals surface area contributed by atoms with Crippen molar-refractivity contribution >= 4 is 20.9 Å². The van der Waals surface area contributed by atoms with Crippen LogP contribution < -0.4 is 4.74 Å². The minimum atomic E-state index is -4.32. The summed E-state index contributed by atoms with van der Waals surface area (Å²) in [5.74, 6) is 0.622. The SMILES string of the molecule is COc1c(Cc2ccccc2)cc(S(=O)(=O)O)c2ccccc12. The molecule has 1 N–H and O–H groups in total. The third-order valence-corrected chi connectivity index (χ3v) is 4.65. The Hall–Kier alpha value is -2.37. The predicted octanol–water partition coefficient (Wildman–Crippen LogP) is 3.69. The zero-order chi connectivity index (χ0) is 16.4. The molecule has 0 aliphatic rings. The first-order chi connectivity index (χ1) is 11.0. The summed E-state index contributed by atoms with van der Waals surface area (Å²) in [7, 11) is -2.77. The van der Waals surface area contributed by atoms with E-state index in [-0.39, 0.29) is 4.90 Å². The van der Waals surface area contributed by atoms with Gasteiger partial charge in [0.2, 0.25) is 0 Å². The lowest BCUT2D eigenvalue weighted by atomic mass is 9.99. The average molecular weight is 328 g/mol. The van der Waals surface area contributed by atoms with E-state index in [1.54, 1.807) is 25.3 Å². The van der Waals surface area contributed by atoms with E-state index in [4.69, 9.17) is 4.74 Å². The molecule has 0 bridgehead atoms. The second-order valence-electron chi connectivity index (χ2n) is 5.25. The second-order valence-corrected chi connectivity index (χ2v) is 6.64. The summed E-state index contributed by atoms with van der Waals surface area (Å²) in [6.45, 7) is 0. The summed E-state index contributed by atoms with van der Waals surface area (Å²) >= 11 is 0. The van der Waals surface area contributed by atoms with E-state index in [0.717, 1.165) is 5.56 Å². The largest absolute Gasteiger partial charge is 0.496 e. The van der Waals surface area contributed by atoms with E-state index in [1.165, 1.54) is 6.07 Å². The lowest BCUT2D eigenvalue weighted by molar-refractivity contribution is 0.415. The van der Waals surface area contributed by atoms with Crippen molar-refractivity contribution in [1.82, 2.24) is 0 Å². The third kappa shape index (κ3) is 3.06. The molecular formula is C18H16O4S. The molecule has 4 nitrogen and oxygen atoms in total. The second kappa shape index (κ2) is 6.02. The zero-order valence-electron chi connectivity index (χ0n) is 12.6. The van der Waals surface area contributed by atoms with Gasteiger partial charge in [-0.05, 0) is 11.6 Å². The van der Waals surface area contributed by atoms with Gasteiger partial charge in [-0.15, -0.1) is 0 Å². The van der Waals surface area contributed by atoms with Crippen molar-refractivity contribution in [3.63, 3.8) is 0 Å². The van der Waals surface area contributed by atoms with Crippen molar-refractivity contribution in [2.24, 2.45) is 0 Å². The summed E-state index contributed by atoms with van der Waals surface area (Å²) in [4.78, 5) is -0.0974. The quantitative estimate of drug-likeness (QED) is 0.742. The Balaban J connectivity index is 2.29. The molecule has 0 radical (unpaired) electrons. The molecule has 0 spiro atoms. The number of methoxy groups -OCH3 is 1. The first-order valence-corrected chi connectivity index (χ1v) is 8.54. The summed E-state index contributed by atoms with van der Waals surface area (Å²) in [6, 6.07) is 18.2. The number of benzene rings is 3. The summed E-state index contributed by atoms with van der Waals surface area (Å²) in [5, 5.41) is 1.11. The van der Waals surface area contributed by atoms with E-state index in [9.17, 15) is 13.0 Å². The maximum absolute atomic E-state index is 11.8. The van der Waals surface area contributed by atoms with Crippen molar-refractivity contribution in [2.45, 2.75) is 11.3 Å². The molecule has 0 aromatic heterocycles. The molecule has 3 aromatic carbocycles. The van der Waals surface area contributed by atoms with Crippen LogP contribution in [0.2, 0.25) is 0 Å². The third-order valence-electron chi connectivity index (χ3n) is 3.75. The lowest BCUT2D eigenvalue weighted by Crippen LogP contribution is -2.03. The van der Waals surface area contributed by atoms with Crippen molar-refractivity contribution in [3.05, 3.63) is 71.8 Å². The van der Waals surface area contributed by atoms with Gasteiger partial charge in [-0.25, -0.2) is 0 Å². The van der Waals surface area contributed by atoms with Crippen LogP contribution in [0.4, 0.5) is 0 Å². The van der Waals surface area contributed by atoms with Gasteiger partial charge in [0.15, 0.2) is 0 Å². The number of ether oxygens (including phenoxy) is 1. The van der Waals surface area contributed by atoms with Crippen LogP contribution in [0, 0.1) is 0 Å². The van der Waals surface area contributed by atoms with Crippen LogP contribution in [0.25, 0.3) is 10.8 Å². The highest BCUT2D eigenvalue weighted by molar-refractivity contribution is 7.86. The van der Waals surface area contributed by atoms with Gasteiger partial charge in [-0.3, -0.25) is 4.55 Å². The first kappa shape index (κ1) is 15.5. The van der Waals surface area contributed by atoms with Gasteiger partial charge in [0.05, 0.1) is 7.11 Å². The molecule has 23 heavy (non-hydrogen) atoms. The van der Waals surface area contributed by atoms with E-state index in [1.807, 2.05) is 36.4 Å². The molecule has 118 valence electrons. The summed E-state index contributed by atoms with van der Waals surface area (Å²) in [5.41, 5.74) is 1.74. The van der Waals surface area contributed by atoms with Gasteiger partial charge in [-0.2, -0.15) is 8.42 Å². The van der Waals surface area contributed by atoms with Gasteiger partial charge >= 0.3 is 0 Å². The number of hydrogen-bond acceptors (Lipinski definition) is 3. The van der Waals surface area contributed by atoms with Crippen LogP contribution in [0.3, 0.4) is 0 Å². The molecule has 5 heteroatoms. The molecule has 0 heterocycles. The van der Waals surface area contributed by atoms with Crippen molar-refractivity contribution < 1.29 is 17.7 Å². The summed E-state index contributed by atoms with van der Waals surface area (Å²) < 4.78 is 38.6. The van der Waals surface area contributed by atoms with E-state index in [2.05, 4.69) is 0 Å². The Morgan fingerprint density at radius 2 is 1.57 bits per heavy atom. The molecule has 0 unspecified atom stereocenters. The number of hydrogen-bond donors (Lipinski definition) is 1. The van der Waals surface area contributed by atoms with E-state index < -0.39 is 10.1 Å². The average Bonchev–Trinajstić information content (AvgIpc) is 2.54. The Bertz CT molecular complexity index is 947. The van der Waals surface area contributed by atoms with Gasteiger partial charge in [-0.1, -0.05) is 54.6 Å². The Morgan fingerprint density at radius 3 is 2.17 bits per heavy atom. The van der Waals surface area contributed by atoms with Crippen molar-refractivity contribution in [2.75, 3.05) is 7.11 Å². The summed E-state index contributed by atoms with van der Waals surface area (Å²) in [6.07, 6.45) is 0.511. The van der Waals surface area contributed by atoms with Gasteiger partial charge < -0.3 is 4.74 Å². The topological polar surface area (TPSA) is 63.6 Å². The molecule has 0 saturated carbocycles. The van der Waals surface area contributed by atoms with Crippen LogP contribution >= 0.6 is 0 Å². The Labute approximate surface area is 135 Å². The molecular weight excluding hydrogens is 312 g/mol. The molecule has 3 rings (SSSR count). The fourth-order valence-corrected chi connectivity index (χ4v) is 3.52. The van der Waals surface area contributed by atoms with Crippen LogP contribution in [-0.4, -0.2) is 20.1 Å². The van der Waals surface area contributed by atoms with Crippen molar-refractivity contribution in [3.8, 4) is 5.75 Å². The highest BCUT2D eigenvalue weighted by Crippen LogP contribution is 2.35. The van der Waals surface area contributed by atoms with E-state index in [0.29, 0.717) is 28.5 Å². The van der Waals surface area contributed by atoms with Crippen LogP contribution in [0.5, 0.6) is 5.75 Å². The maximum Gasteiger partial charge on any atom is 0.295 e. The van der Waals surface area contributed by atoms with Crippen LogP contribution in [-0.2, 0) is 16.5 Å². The minimum absolute atomic E-state index is 0.0974. The van der Waals surface area contributed by atoms with Gasteiger partial charge in [0.1, 0.15) is 10.6 Å². The molecule has 3 aromatic rings. The molecule has 0 saturated heterocycles. The fourth-order valence-electron chi connectivity index (χ4n) is 2.77. The monoisotopic (exact) mass is 328 g/mol. The lowest BCUT2D eigenvalue weighted by Gasteiger charge is -2.14. The van der Waals surface area contributed by atoms with E-state index >= 15 is 0 Å². The Morgan fingerprint density at radius 1 is 0.957 bits per heavy atom. The molecule has 0 aliphatic heterocycles. The normalized spacial score (nSPS) is 11.6. The van der Waals surface area contributed by atoms with Crippen LogP contribution in [0.1, 0.15) is 11.1 Å². The fraction of sp³-hybridized carbons (Fsp3) is 0.111. The number of rotatable bonds is 4. The zero-order valence-corrected chi connectivity index (χ0v) is 13.4. The molecule has 0 atom stereocenters. The minimum Gasteiger partial charge on any atom is -0.496 e. The Kier molecular flexibility index (Phi) is 4.07.